The molecule has 0 aliphatic carbocycles. The van der Waals surface area contributed by atoms with Gasteiger partial charge in [0.15, 0.2) is 0 Å². The van der Waals surface area contributed by atoms with Crippen LogP contribution in [0.5, 0.6) is 0 Å². The minimum Gasteiger partial charge on any atom is -0.481 e. The fourth-order valence-electron chi connectivity index (χ4n) is 2.38. The van der Waals surface area contributed by atoms with E-state index in [0.717, 1.165) is 0 Å². The van der Waals surface area contributed by atoms with E-state index in [2.05, 4.69) is 20.8 Å². The molecule has 0 spiro atoms. The summed E-state index contributed by atoms with van der Waals surface area (Å²) < 4.78 is 1.34. The van der Waals surface area contributed by atoms with Gasteiger partial charge in [-0.05, 0) is 41.5 Å². The maximum Gasteiger partial charge on any atom is 0.311 e. The van der Waals surface area contributed by atoms with Crippen molar-refractivity contribution in [2.45, 2.75) is 26.7 Å². The zero-order valence-electron chi connectivity index (χ0n) is 13.4. The molecule has 9 heteroatoms. The number of aliphatic carboxylic acids is 1. The summed E-state index contributed by atoms with van der Waals surface area (Å²) in [6.07, 6.45) is 2.18. The van der Waals surface area contributed by atoms with E-state index in [1.807, 2.05) is 0 Å². The Bertz CT molecular complexity index is 729. The van der Waals surface area contributed by atoms with Gasteiger partial charge in [0, 0.05) is 11.6 Å². The molecule has 1 heterocycles. The molecule has 1 aromatic carbocycles. The maximum atomic E-state index is 12.6. The minimum atomic E-state index is -0.997. The minimum absolute atomic E-state index is 0.0235. The number of amides is 1. The summed E-state index contributed by atoms with van der Waals surface area (Å²) in [4.78, 5) is 24.1. The summed E-state index contributed by atoms with van der Waals surface area (Å²) in [6, 6.07) is 4.74. The van der Waals surface area contributed by atoms with E-state index >= 15 is 0 Å². The molecule has 0 fully saturated rings. The van der Waals surface area contributed by atoms with Crippen LogP contribution in [-0.2, 0) is 4.79 Å². The molecule has 1 amide bonds. The van der Waals surface area contributed by atoms with Crippen LogP contribution in [0.15, 0.2) is 24.5 Å². The fraction of sp³-hybridized carbons (Fsp3) is 0.400. The third-order valence-electron chi connectivity index (χ3n) is 4.19. The van der Waals surface area contributed by atoms with Crippen LogP contribution < -0.4 is 5.32 Å². The summed E-state index contributed by atoms with van der Waals surface area (Å²) >= 11 is 5.98. The average molecular weight is 352 g/mol. The fourth-order valence-corrected chi connectivity index (χ4v) is 2.56. The molecule has 2 N–H and O–H groups in total. The van der Waals surface area contributed by atoms with Crippen LogP contribution in [0.2, 0.25) is 5.02 Å². The number of carboxylic acids is 1. The van der Waals surface area contributed by atoms with Gasteiger partial charge in [0.25, 0.3) is 5.91 Å². The first-order valence-electron chi connectivity index (χ1n) is 7.48. The Morgan fingerprint density at radius 2 is 2.04 bits per heavy atom. The van der Waals surface area contributed by atoms with Gasteiger partial charge >= 0.3 is 5.97 Å². The highest BCUT2D eigenvalue weighted by atomic mass is 35.5. The predicted molar refractivity (Wildman–Crippen MR) is 87.1 cm³/mol. The Balaban J connectivity index is 2.27. The normalized spacial score (nSPS) is 11.3. The molecule has 8 nitrogen and oxygen atoms in total. The number of hydrogen-bond donors (Lipinski definition) is 2. The molecular weight excluding hydrogens is 334 g/mol. The van der Waals surface area contributed by atoms with E-state index in [-0.39, 0.29) is 12.1 Å². The lowest BCUT2D eigenvalue weighted by Gasteiger charge is -2.27. The van der Waals surface area contributed by atoms with Gasteiger partial charge in [0.1, 0.15) is 6.33 Å². The quantitative estimate of drug-likeness (QED) is 0.788. The van der Waals surface area contributed by atoms with Gasteiger partial charge in [0.05, 0.1) is 16.7 Å². The Kier molecular flexibility index (Phi) is 5.50. The number of tetrazole rings is 1. The van der Waals surface area contributed by atoms with Crippen LogP contribution in [0.25, 0.3) is 5.69 Å². The molecule has 0 atom stereocenters. The number of rotatable bonds is 7. The maximum absolute atomic E-state index is 12.6. The second-order valence-electron chi connectivity index (χ2n) is 5.39. The second-order valence-corrected chi connectivity index (χ2v) is 5.83. The molecule has 0 aliphatic rings. The van der Waals surface area contributed by atoms with E-state index in [1.54, 1.807) is 26.0 Å². The Morgan fingerprint density at radius 3 is 2.58 bits per heavy atom. The van der Waals surface area contributed by atoms with Crippen molar-refractivity contribution in [1.29, 1.82) is 0 Å². The summed E-state index contributed by atoms with van der Waals surface area (Å²) in [5.74, 6) is -1.37. The summed E-state index contributed by atoms with van der Waals surface area (Å²) in [5, 5.41) is 23.4. The Labute approximate surface area is 143 Å². The van der Waals surface area contributed by atoms with Crippen LogP contribution in [0, 0.1) is 5.41 Å². The molecule has 2 aromatic rings. The van der Waals surface area contributed by atoms with Crippen LogP contribution >= 0.6 is 11.6 Å². The Hall–Kier alpha value is -2.48. The van der Waals surface area contributed by atoms with Crippen molar-refractivity contribution in [3.8, 4) is 5.69 Å². The second kappa shape index (κ2) is 7.39. The van der Waals surface area contributed by atoms with Crippen molar-refractivity contribution in [3.63, 3.8) is 0 Å². The van der Waals surface area contributed by atoms with Gasteiger partial charge in [-0.1, -0.05) is 25.4 Å². The van der Waals surface area contributed by atoms with Gasteiger partial charge in [-0.15, -0.1) is 5.10 Å². The van der Waals surface area contributed by atoms with E-state index < -0.39 is 17.3 Å². The SMILES string of the molecule is CCC(CC)(CNC(=O)c1cc(Cl)ccc1-n1cnnn1)C(=O)O. The molecule has 0 saturated carbocycles. The predicted octanol–water partition coefficient (Wildman–Crippen LogP) is 1.94. The number of carboxylic acid groups (broad SMARTS) is 1. The lowest BCUT2D eigenvalue weighted by atomic mass is 9.82. The van der Waals surface area contributed by atoms with E-state index in [1.165, 1.54) is 17.1 Å². The molecule has 1 aromatic heterocycles. The molecule has 24 heavy (non-hydrogen) atoms. The first-order chi connectivity index (χ1) is 11.4. The number of nitrogens with zero attached hydrogens (tertiary/aromatic N) is 4. The average Bonchev–Trinajstić information content (AvgIpc) is 3.10. The number of halogens is 1. The molecule has 0 radical (unpaired) electrons. The van der Waals surface area contributed by atoms with Crippen molar-refractivity contribution in [2.24, 2.45) is 5.41 Å². The summed E-state index contributed by atoms with van der Waals surface area (Å²) in [7, 11) is 0. The molecular formula is C15H18ClN5O3. The van der Waals surface area contributed by atoms with Gasteiger partial charge < -0.3 is 10.4 Å². The lowest BCUT2D eigenvalue weighted by molar-refractivity contribution is -0.149. The summed E-state index contributed by atoms with van der Waals surface area (Å²) in [5.41, 5.74) is -0.277. The molecule has 0 unspecified atom stereocenters. The molecule has 2 rings (SSSR count). The number of benzene rings is 1. The van der Waals surface area contributed by atoms with Crippen molar-refractivity contribution in [2.75, 3.05) is 6.54 Å². The number of hydrogen-bond acceptors (Lipinski definition) is 5. The van der Waals surface area contributed by atoms with Crippen LogP contribution in [0.1, 0.15) is 37.0 Å². The number of aromatic nitrogens is 4. The Morgan fingerprint density at radius 1 is 1.33 bits per heavy atom. The van der Waals surface area contributed by atoms with Crippen LogP contribution in [-0.4, -0.2) is 43.7 Å². The third-order valence-corrected chi connectivity index (χ3v) is 4.43. The highest BCUT2D eigenvalue weighted by Crippen LogP contribution is 2.26. The molecule has 0 aliphatic heterocycles. The first-order valence-corrected chi connectivity index (χ1v) is 7.86. The monoisotopic (exact) mass is 351 g/mol. The van der Waals surface area contributed by atoms with Crippen molar-refractivity contribution >= 4 is 23.5 Å². The first kappa shape index (κ1) is 17.9. The van der Waals surface area contributed by atoms with Gasteiger partial charge in [-0.3, -0.25) is 9.59 Å². The molecule has 0 bridgehead atoms. The van der Waals surface area contributed by atoms with E-state index in [4.69, 9.17) is 11.6 Å². The van der Waals surface area contributed by atoms with Gasteiger partial charge in [-0.25, -0.2) is 0 Å². The lowest BCUT2D eigenvalue weighted by Crippen LogP contribution is -2.42. The summed E-state index contributed by atoms with van der Waals surface area (Å²) in [6.45, 7) is 3.60. The largest absolute Gasteiger partial charge is 0.481 e. The van der Waals surface area contributed by atoms with Crippen LogP contribution in [0.4, 0.5) is 0 Å². The zero-order valence-corrected chi connectivity index (χ0v) is 14.1. The van der Waals surface area contributed by atoms with Crippen LogP contribution in [0.3, 0.4) is 0 Å². The third kappa shape index (κ3) is 3.53. The van der Waals surface area contributed by atoms with E-state index in [9.17, 15) is 14.7 Å². The van der Waals surface area contributed by atoms with Crippen molar-refractivity contribution < 1.29 is 14.7 Å². The van der Waals surface area contributed by atoms with E-state index in [0.29, 0.717) is 23.6 Å². The number of carbonyl (C=O) groups is 2. The number of nitrogens with one attached hydrogen (secondary N) is 1. The van der Waals surface area contributed by atoms with Crippen molar-refractivity contribution in [3.05, 3.63) is 35.1 Å². The molecule has 128 valence electrons. The zero-order chi connectivity index (χ0) is 17.7. The smallest absolute Gasteiger partial charge is 0.311 e. The van der Waals surface area contributed by atoms with Gasteiger partial charge in [-0.2, -0.15) is 4.68 Å². The highest BCUT2D eigenvalue weighted by Gasteiger charge is 2.35. The highest BCUT2D eigenvalue weighted by molar-refractivity contribution is 6.31. The molecule has 0 saturated heterocycles. The number of carbonyl (C=O) groups excluding carboxylic acids is 1. The topological polar surface area (TPSA) is 110 Å². The standard InChI is InChI=1S/C15H18ClN5O3/c1-3-15(4-2,14(23)24)8-17-13(22)11-7-10(16)5-6-12(11)21-9-18-19-20-21/h5-7,9H,3-4,8H2,1-2H3,(H,17,22)(H,23,24). The van der Waals surface area contributed by atoms with Crippen molar-refractivity contribution in [1.82, 2.24) is 25.5 Å². The van der Waals surface area contributed by atoms with Gasteiger partial charge in [0.2, 0.25) is 0 Å².